The summed E-state index contributed by atoms with van der Waals surface area (Å²) in [5, 5.41) is 10.4. The summed E-state index contributed by atoms with van der Waals surface area (Å²) in [5.41, 5.74) is 0.495. The molecule has 5 nitrogen and oxygen atoms in total. The number of carbonyl (C=O) groups excluding carboxylic acids is 1. The average molecular weight is 255 g/mol. The van der Waals surface area contributed by atoms with Gasteiger partial charge >= 0.3 is 0 Å². The Bertz CT molecular complexity index is 391. The number of non-ortho nitro benzene ring substituents is 1. The zero-order chi connectivity index (χ0) is 12.7. The second-order valence-electron chi connectivity index (χ2n) is 3.27. The summed E-state index contributed by atoms with van der Waals surface area (Å²) >= 11 is 1.48. The van der Waals surface area contributed by atoms with Gasteiger partial charge < -0.3 is 4.74 Å². The third kappa shape index (κ3) is 4.54. The maximum absolute atomic E-state index is 11.7. The summed E-state index contributed by atoms with van der Waals surface area (Å²) in [6.45, 7) is 0.609. The molecule has 0 aromatic heterocycles. The van der Waals surface area contributed by atoms with Crippen molar-refractivity contribution in [1.82, 2.24) is 0 Å². The van der Waals surface area contributed by atoms with E-state index in [0.717, 1.165) is 5.75 Å². The lowest BCUT2D eigenvalue weighted by atomic mass is 10.1. The lowest BCUT2D eigenvalue weighted by Crippen LogP contribution is -2.04. The molecule has 0 radical (unpaired) electrons. The third-order valence-corrected chi connectivity index (χ3v) is 2.99. The summed E-state index contributed by atoms with van der Waals surface area (Å²) in [6, 6.07) is 5.65. The van der Waals surface area contributed by atoms with Gasteiger partial charge in [0.25, 0.3) is 5.69 Å². The molecular formula is C11H13NO4S. The number of nitro groups is 1. The summed E-state index contributed by atoms with van der Waals surface area (Å²) in [6.07, 6.45) is 0. The highest BCUT2D eigenvalue weighted by atomic mass is 32.2. The summed E-state index contributed by atoms with van der Waals surface area (Å²) < 4.78 is 4.86. The van der Waals surface area contributed by atoms with Gasteiger partial charge in [-0.05, 0) is 12.1 Å². The normalized spacial score (nSPS) is 10.2. The van der Waals surface area contributed by atoms with Crippen LogP contribution in [-0.4, -0.2) is 35.9 Å². The van der Waals surface area contributed by atoms with Crippen molar-refractivity contribution in [1.29, 1.82) is 0 Å². The summed E-state index contributed by atoms with van der Waals surface area (Å²) in [7, 11) is 1.61. The molecule has 6 heteroatoms. The number of nitro benzene ring substituents is 1. The van der Waals surface area contributed by atoms with Crippen LogP contribution < -0.4 is 0 Å². The van der Waals surface area contributed by atoms with Crippen LogP contribution >= 0.6 is 11.8 Å². The van der Waals surface area contributed by atoms with Gasteiger partial charge in [-0.25, -0.2) is 0 Å². The van der Waals surface area contributed by atoms with Crippen molar-refractivity contribution in [2.75, 3.05) is 25.2 Å². The Kier molecular flexibility index (Phi) is 5.65. The maximum atomic E-state index is 11.7. The maximum Gasteiger partial charge on any atom is 0.269 e. The number of methoxy groups -OCH3 is 1. The first-order valence-electron chi connectivity index (χ1n) is 4.99. The number of hydrogen-bond acceptors (Lipinski definition) is 5. The number of ether oxygens (including phenoxy) is 1. The van der Waals surface area contributed by atoms with Crippen LogP contribution in [0.1, 0.15) is 10.4 Å². The lowest BCUT2D eigenvalue weighted by molar-refractivity contribution is -0.384. The molecule has 1 rings (SSSR count). The Hall–Kier alpha value is -1.40. The van der Waals surface area contributed by atoms with E-state index in [1.165, 1.54) is 36.0 Å². The zero-order valence-electron chi connectivity index (χ0n) is 9.42. The monoisotopic (exact) mass is 255 g/mol. The van der Waals surface area contributed by atoms with Crippen molar-refractivity contribution >= 4 is 23.2 Å². The SMILES string of the molecule is COCCSCC(=O)c1ccc([N+](=O)[O-])cc1. The topological polar surface area (TPSA) is 69.4 Å². The highest BCUT2D eigenvalue weighted by Gasteiger charge is 2.09. The minimum atomic E-state index is -0.485. The Balaban J connectivity index is 2.49. The van der Waals surface area contributed by atoms with Gasteiger partial charge in [-0.15, -0.1) is 0 Å². The van der Waals surface area contributed by atoms with Crippen molar-refractivity contribution in [2.45, 2.75) is 0 Å². The van der Waals surface area contributed by atoms with Gasteiger partial charge in [0.15, 0.2) is 5.78 Å². The second-order valence-corrected chi connectivity index (χ2v) is 4.38. The van der Waals surface area contributed by atoms with Crippen LogP contribution in [0.3, 0.4) is 0 Å². The lowest BCUT2D eigenvalue weighted by Gasteiger charge is -2.01. The minimum absolute atomic E-state index is 0.00594. The second kappa shape index (κ2) is 7.03. The number of Topliss-reactive ketones (excluding diaryl/α,β-unsaturated/α-hetero) is 1. The van der Waals surface area contributed by atoms with E-state index >= 15 is 0 Å². The van der Waals surface area contributed by atoms with Crippen LogP contribution in [0.15, 0.2) is 24.3 Å². The number of ketones is 1. The predicted molar refractivity (Wildman–Crippen MR) is 66.6 cm³/mol. The molecule has 92 valence electrons. The molecule has 0 atom stereocenters. The molecule has 0 amide bonds. The van der Waals surface area contributed by atoms with Crippen LogP contribution in [0.4, 0.5) is 5.69 Å². The molecule has 0 heterocycles. The number of thioether (sulfide) groups is 1. The first kappa shape index (κ1) is 13.7. The zero-order valence-corrected chi connectivity index (χ0v) is 10.2. The van der Waals surface area contributed by atoms with Gasteiger partial charge in [-0.1, -0.05) is 0 Å². The fraction of sp³-hybridized carbons (Fsp3) is 0.364. The standard InChI is InChI=1S/C11H13NO4S/c1-16-6-7-17-8-11(13)9-2-4-10(5-3-9)12(14)15/h2-5H,6-8H2,1H3. The molecular weight excluding hydrogens is 242 g/mol. The van der Waals surface area contributed by atoms with Gasteiger partial charge in [-0.2, -0.15) is 11.8 Å². The molecule has 0 aliphatic heterocycles. The van der Waals surface area contributed by atoms with Gasteiger partial charge in [0.1, 0.15) is 0 Å². The fourth-order valence-corrected chi connectivity index (χ4v) is 1.94. The smallest absolute Gasteiger partial charge is 0.269 e. The van der Waals surface area contributed by atoms with E-state index in [4.69, 9.17) is 4.74 Å². The van der Waals surface area contributed by atoms with Gasteiger partial charge in [-0.3, -0.25) is 14.9 Å². The number of carbonyl (C=O) groups is 1. The van der Waals surface area contributed by atoms with Gasteiger partial charge in [0, 0.05) is 30.6 Å². The molecule has 0 aliphatic carbocycles. The Morgan fingerprint density at radius 2 is 2.06 bits per heavy atom. The minimum Gasteiger partial charge on any atom is -0.384 e. The molecule has 17 heavy (non-hydrogen) atoms. The molecule has 0 unspecified atom stereocenters. The van der Waals surface area contributed by atoms with Gasteiger partial charge in [0.05, 0.1) is 17.3 Å². The molecule has 0 saturated carbocycles. The highest BCUT2D eigenvalue weighted by molar-refractivity contribution is 8.00. The molecule has 0 fully saturated rings. The number of nitrogens with zero attached hydrogens (tertiary/aromatic N) is 1. The Morgan fingerprint density at radius 1 is 1.41 bits per heavy atom. The summed E-state index contributed by atoms with van der Waals surface area (Å²) in [5.74, 6) is 1.09. The van der Waals surface area contributed by atoms with Crippen molar-refractivity contribution in [2.24, 2.45) is 0 Å². The van der Waals surface area contributed by atoms with Crippen molar-refractivity contribution in [3.63, 3.8) is 0 Å². The highest BCUT2D eigenvalue weighted by Crippen LogP contribution is 2.13. The first-order chi connectivity index (χ1) is 8.15. The van der Waals surface area contributed by atoms with E-state index in [9.17, 15) is 14.9 Å². The van der Waals surface area contributed by atoms with Crippen LogP contribution in [0.5, 0.6) is 0 Å². The first-order valence-corrected chi connectivity index (χ1v) is 6.15. The molecule has 0 N–H and O–H groups in total. The van der Waals surface area contributed by atoms with Crippen molar-refractivity contribution < 1.29 is 14.5 Å². The van der Waals surface area contributed by atoms with Crippen LogP contribution in [-0.2, 0) is 4.74 Å². The predicted octanol–water partition coefficient (Wildman–Crippen LogP) is 2.16. The quantitative estimate of drug-likeness (QED) is 0.323. The van der Waals surface area contributed by atoms with E-state index in [-0.39, 0.29) is 11.5 Å². The Morgan fingerprint density at radius 3 is 2.59 bits per heavy atom. The van der Waals surface area contributed by atoms with Crippen molar-refractivity contribution in [3.8, 4) is 0 Å². The van der Waals surface area contributed by atoms with E-state index in [0.29, 0.717) is 17.9 Å². The largest absolute Gasteiger partial charge is 0.384 e. The molecule has 0 bridgehead atoms. The fourth-order valence-electron chi connectivity index (χ4n) is 1.16. The van der Waals surface area contributed by atoms with Crippen LogP contribution in [0.25, 0.3) is 0 Å². The third-order valence-electron chi connectivity index (χ3n) is 2.07. The molecule has 0 saturated heterocycles. The van der Waals surface area contributed by atoms with Crippen LogP contribution in [0, 0.1) is 10.1 Å². The molecule has 1 aromatic carbocycles. The van der Waals surface area contributed by atoms with E-state index < -0.39 is 4.92 Å². The number of benzene rings is 1. The van der Waals surface area contributed by atoms with E-state index in [2.05, 4.69) is 0 Å². The summed E-state index contributed by atoms with van der Waals surface area (Å²) in [4.78, 5) is 21.6. The van der Waals surface area contributed by atoms with Crippen molar-refractivity contribution in [3.05, 3.63) is 39.9 Å². The molecule has 0 spiro atoms. The molecule has 0 aliphatic rings. The van der Waals surface area contributed by atoms with Gasteiger partial charge in [0.2, 0.25) is 0 Å². The average Bonchev–Trinajstić information content (AvgIpc) is 2.34. The number of rotatable bonds is 7. The van der Waals surface area contributed by atoms with Crippen LogP contribution in [0.2, 0.25) is 0 Å². The van der Waals surface area contributed by atoms with E-state index in [1.54, 1.807) is 7.11 Å². The van der Waals surface area contributed by atoms with E-state index in [1.807, 2.05) is 0 Å². The number of hydrogen-bond donors (Lipinski definition) is 0. The molecule has 1 aromatic rings. The Labute approximate surface area is 103 Å².